The van der Waals surface area contributed by atoms with Gasteiger partial charge in [0.05, 0.1) is 17.6 Å². The number of nitrogens with two attached hydrogens (primary N) is 1. The molecule has 1 aromatic heterocycles. The van der Waals surface area contributed by atoms with Gasteiger partial charge in [0.2, 0.25) is 0 Å². The Morgan fingerprint density at radius 1 is 1.34 bits per heavy atom. The highest BCUT2D eigenvalue weighted by Crippen LogP contribution is 2.26. The number of hydrogen-bond acceptors (Lipinski definition) is 4. The Morgan fingerprint density at radius 2 is 2.07 bits per heavy atom. The van der Waals surface area contributed by atoms with Crippen LogP contribution < -0.4 is 11.1 Å². The van der Waals surface area contributed by atoms with E-state index in [1.54, 1.807) is 11.7 Å². The van der Waals surface area contributed by atoms with Gasteiger partial charge in [0.15, 0.2) is 0 Å². The monoisotopic (exact) mass is 394 g/mol. The molecule has 29 heavy (non-hydrogen) atoms. The van der Waals surface area contributed by atoms with Crippen LogP contribution in [0.5, 0.6) is 0 Å². The number of aliphatic imine (C=N–C) groups is 1. The molecule has 1 aliphatic heterocycles. The molecule has 2 amide bonds. The fourth-order valence-electron chi connectivity index (χ4n) is 3.51. The van der Waals surface area contributed by atoms with Crippen molar-refractivity contribution < 1.29 is 4.79 Å². The molecular formula is C22H30N6O. The SMILES string of the molecule is CC/C(C)=C(/C=C1/C=C(c2cnn(C)c2)C=C(N)/C1=N/C)NC(=O)N1CCCC1. The van der Waals surface area contributed by atoms with Crippen molar-refractivity contribution in [2.45, 2.75) is 33.1 Å². The predicted octanol–water partition coefficient (Wildman–Crippen LogP) is 3.15. The van der Waals surface area contributed by atoms with E-state index < -0.39 is 0 Å². The quantitative estimate of drug-likeness (QED) is 0.822. The number of allylic oxidation sites excluding steroid dienone is 6. The molecule has 1 saturated heterocycles. The van der Waals surface area contributed by atoms with E-state index >= 15 is 0 Å². The van der Waals surface area contributed by atoms with Gasteiger partial charge in [-0.15, -0.1) is 0 Å². The van der Waals surface area contributed by atoms with Crippen molar-refractivity contribution in [3.8, 4) is 0 Å². The van der Waals surface area contributed by atoms with Crippen LogP contribution in [0.3, 0.4) is 0 Å². The molecule has 1 aromatic rings. The lowest BCUT2D eigenvalue weighted by Gasteiger charge is -2.20. The molecule has 154 valence electrons. The van der Waals surface area contributed by atoms with Gasteiger partial charge < -0.3 is 16.0 Å². The van der Waals surface area contributed by atoms with Crippen molar-refractivity contribution in [1.82, 2.24) is 20.0 Å². The van der Waals surface area contributed by atoms with Gasteiger partial charge in [-0.05, 0) is 55.6 Å². The molecule has 2 heterocycles. The molecule has 7 nitrogen and oxygen atoms in total. The van der Waals surface area contributed by atoms with Gasteiger partial charge in [0, 0.05) is 50.2 Å². The van der Waals surface area contributed by atoms with Gasteiger partial charge in [-0.1, -0.05) is 6.92 Å². The lowest BCUT2D eigenvalue weighted by Crippen LogP contribution is -2.37. The van der Waals surface area contributed by atoms with Crippen LogP contribution in [0.4, 0.5) is 4.79 Å². The largest absolute Gasteiger partial charge is 0.397 e. The minimum atomic E-state index is -0.0482. The molecular weight excluding hydrogens is 364 g/mol. The Bertz CT molecular complexity index is 938. The van der Waals surface area contributed by atoms with E-state index in [1.807, 2.05) is 49.5 Å². The first kappa shape index (κ1) is 20.6. The first-order chi connectivity index (χ1) is 13.9. The van der Waals surface area contributed by atoms with Gasteiger partial charge in [-0.25, -0.2) is 4.79 Å². The molecule has 0 bridgehead atoms. The van der Waals surface area contributed by atoms with E-state index in [1.165, 1.54) is 0 Å². The fraction of sp³-hybridized carbons (Fsp3) is 0.409. The third-order valence-corrected chi connectivity index (χ3v) is 5.36. The van der Waals surface area contributed by atoms with Crippen LogP contribution in [0.25, 0.3) is 5.57 Å². The number of rotatable bonds is 4. The number of carbonyl (C=O) groups is 1. The molecule has 7 heteroatoms. The minimum Gasteiger partial charge on any atom is -0.397 e. The zero-order chi connectivity index (χ0) is 21.0. The van der Waals surface area contributed by atoms with E-state index in [9.17, 15) is 4.79 Å². The second kappa shape index (κ2) is 8.94. The number of nitrogens with one attached hydrogen (secondary N) is 1. The second-order valence-electron chi connectivity index (χ2n) is 7.45. The molecule has 1 aliphatic carbocycles. The van der Waals surface area contributed by atoms with Crippen LogP contribution in [0.15, 0.2) is 58.2 Å². The summed E-state index contributed by atoms with van der Waals surface area (Å²) in [6.07, 6.45) is 12.6. The zero-order valence-corrected chi connectivity index (χ0v) is 17.7. The number of carbonyl (C=O) groups excluding carboxylic acids is 1. The summed E-state index contributed by atoms with van der Waals surface area (Å²) in [5, 5.41) is 7.36. The molecule has 0 atom stereocenters. The molecule has 0 saturated carbocycles. The third-order valence-electron chi connectivity index (χ3n) is 5.36. The van der Waals surface area contributed by atoms with Crippen molar-refractivity contribution in [1.29, 1.82) is 0 Å². The van der Waals surface area contributed by atoms with Crippen molar-refractivity contribution in [3.05, 3.63) is 58.7 Å². The summed E-state index contributed by atoms with van der Waals surface area (Å²) < 4.78 is 1.76. The molecule has 0 radical (unpaired) electrons. The molecule has 0 unspecified atom stereocenters. The van der Waals surface area contributed by atoms with Crippen LogP contribution in [0.1, 0.15) is 38.7 Å². The highest BCUT2D eigenvalue weighted by Gasteiger charge is 2.21. The lowest BCUT2D eigenvalue weighted by molar-refractivity contribution is 0.212. The summed E-state index contributed by atoms with van der Waals surface area (Å²) in [6, 6.07) is -0.0482. The van der Waals surface area contributed by atoms with Crippen LogP contribution in [0, 0.1) is 0 Å². The number of aryl methyl sites for hydroxylation is 1. The lowest BCUT2D eigenvalue weighted by atomic mass is 9.93. The Hall–Kier alpha value is -3.09. The standard InChI is InChI=1S/C22H30N6O/c1-5-15(2)20(26-22(29)28-8-6-7-9-28)12-17-10-16(11-19(23)21(17)24-3)18-13-25-27(4)14-18/h10-14H,5-9,23H2,1-4H3,(H,26,29)/b17-12-,20-15-,24-21+. The number of likely N-dealkylation sites (tertiary alicyclic amines) is 1. The highest BCUT2D eigenvalue weighted by molar-refractivity contribution is 6.18. The molecule has 0 aromatic carbocycles. The zero-order valence-electron chi connectivity index (χ0n) is 17.7. The molecule has 3 rings (SSSR count). The Morgan fingerprint density at radius 3 is 2.66 bits per heavy atom. The van der Waals surface area contributed by atoms with E-state index in [-0.39, 0.29) is 6.03 Å². The number of urea groups is 1. The Kier molecular flexibility index (Phi) is 6.36. The van der Waals surface area contributed by atoms with Crippen LogP contribution >= 0.6 is 0 Å². The minimum absolute atomic E-state index is 0.0482. The van der Waals surface area contributed by atoms with E-state index in [0.29, 0.717) is 5.70 Å². The third kappa shape index (κ3) is 4.67. The van der Waals surface area contributed by atoms with Gasteiger partial charge in [-0.2, -0.15) is 5.10 Å². The normalized spacial score (nSPS) is 20.6. The highest BCUT2D eigenvalue weighted by atomic mass is 16.2. The van der Waals surface area contributed by atoms with Crippen molar-refractivity contribution in [2.75, 3.05) is 20.1 Å². The van der Waals surface area contributed by atoms with Crippen molar-refractivity contribution in [2.24, 2.45) is 17.8 Å². The van der Waals surface area contributed by atoms with E-state index in [4.69, 9.17) is 5.73 Å². The summed E-state index contributed by atoms with van der Waals surface area (Å²) in [7, 11) is 3.61. The van der Waals surface area contributed by atoms with Crippen molar-refractivity contribution in [3.63, 3.8) is 0 Å². The fourth-order valence-corrected chi connectivity index (χ4v) is 3.51. The summed E-state index contributed by atoms with van der Waals surface area (Å²) in [4.78, 5) is 18.9. The summed E-state index contributed by atoms with van der Waals surface area (Å²) in [6.45, 7) is 5.73. The van der Waals surface area contributed by atoms with E-state index in [0.717, 1.165) is 66.0 Å². The topological polar surface area (TPSA) is 88.5 Å². The van der Waals surface area contributed by atoms with E-state index in [2.05, 4.69) is 22.3 Å². The maximum atomic E-state index is 12.7. The molecule has 2 aliphatic rings. The van der Waals surface area contributed by atoms with Crippen LogP contribution in [0.2, 0.25) is 0 Å². The summed E-state index contributed by atoms with van der Waals surface area (Å²) in [5.74, 6) is 0. The van der Waals surface area contributed by atoms with Gasteiger partial charge in [-0.3, -0.25) is 9.67 Å². The molecule has 3 N–H and O–H groups in total. The smallest absolute Gasteiger partial charge is 0.321 e. The van der Waals surface area contributed by atoms with Crippen molar-refractivity contribution >= 4 is 17.3 Å². The maximum absolute atomic E-state index is 12.7. The molecule has 1 fully saturated rings. The molecule has 0 spiro atoms. The van der Waals surface area contributed by atoms with Gasteiger partial charge in [0.25, 0.3) is 0 Å². The number of hydrogen-bond donors (Lipinski definition) is 2. The first-order valence-electron chi connectivity index (χ1n) is 10.1. The summed E-state index contributed by atoms with van der Waals surface area (Å²) >= 11 is 0. The average molecular weight is 395 g/mol. The number of amides is 2. The van der Waals surface area contributed by atoms with Gasteiger partial charge in [0.1, 0.15) is 0 Å². The maximum Gasteiger partial charge on any atom is 0.321 e. The average Bonchev–Trinajstić information content (AvgIpc) is 3.38. The van der Waals surface area contributed by atoms with Crippen LogP contribution in [-0.4, -0.2) is 46.6 Å². The number of aromatic nitrogens is 2. The number of nitrogens with zero attached hydrogens (tertiary/aromatic N) is 4. The predicted molar refractivity (Wildman–Crippen MR) is 117 cm³/mol. The Balaban J connectivity index is 1.98. The second-order valence-corrected chi connectivity index (χ2v) is 7.45. The van der Waals surface area contributed by atoms with Gasteiger partial charge >= 0.3 is 6.03 Å². The summed E-state index contributed by atoms with van der Waals surface area (Å²) in [5.41, 5.74) is 12.3. The Labute approximate surface area is 172 Å². The van der Waals surface area contributed by atoms with Crippen LogP contribution in [-0.2, 0) is 7.05 Å². The first-order valence-corrected chi connectivity index (χ1v) is 10.1.